The molecule has 278 valence electrons. The Hall–Kier alpha value is -6.05. The molecule has 0 unspecified atom stereocenters. The highest BCUT2D eigenvalue weighted by molar-refractivity contribution is 8.00. The number of anilines is 2. The lowest BCUT2D eigenvalue weighted by Crippen LogP contribution is -2.30. The van der Waals surface area contributed by atoms with E-state index in [2.05, 4.69) is 16.0 Å². The molecule has 4 aromatic carbocycles. The molecule has 13 heteroatoms. The van der Waals surface area contributed by atoms with Crippen LogP contribution in [0.15, 0.2) is 107 Å². The summed E-state index contributed by atoms with van der Waals surface area (Å²) in [6.45, 7) is 3.91. The van der Waals surface area contributed by atoms with Gasteiger partial charge in [-0.3, -0.25) is 14.4 Å². The second kappa shape index (κ2) is 18.6. The van der Waals surface area contributed by atoms with E-state index in [1.165, 1.54) is 50.5 Å². The van der Waals surface area contributed by atoms with Gasteiger partial charge in [-0.05, 0) is 73.5 Å². The fourth-order valence-electron chi connectivity index (χ4n) is 5.27. The third kappa shape index (κ3) is 9.88. The van der Waals surface area contributed by atoms with E-state index in [0.717, 1.165) is 11.1 Å². The normalized spacial score (nSPS) is 10.9. The number of thiophene rings is 1. The summed E-state index contributed by atoms with van der Waals surface area (Å²) >= 11 is 2.51. The van der Waals surface area contributed by atoms with E-state index >= 15 is 0 Å². The maximum atomic E-state index is 13.8. The molecule has 1 heterocycles. The summed E-state index contributed by atoms with van der Waals surface area (Å²) in [5.74, 6) is -0.777. The van der Waals surface area contributed by atoms with Crippen LogP contribution in [0.25, 0.3) is 17.2 Å². The minimum absolute atomic E-state index is 0.0247. The Labute approximate surface area is 321 Å². The Balaban J connectivity index is 1.32. The van der Waals surface area contributed by atoms with Crippen molar-refractivity contribution in [1.82, 2.24) is 5.32 Å². The smallest absolute Gasteiger partial charge is 0.341 e. The molecule has 5 aromatic rings. The number of thioether (sulfide) groups is 1. The summed E-state index contributed by atoms with van der Waals surface area (Å²) in [6, 6.07) is 26.6. The summed E-state index contributed by atoms with van der Waals surface area (Å²) in [6.07, 6.45) is 1.50. The zero-order valence-electron chi connectivity index (χ0n) is 30.3. The van der Waals surface area contributed by atoms with Crippen molar-refractivity contribution in [2.24, 2.45) is 0 Å². The Morgan fingerprint density at radius 2 is 1.52 bits per heavy atom. The van der Waals surface area contributed by atoms with Gasteiger partial charge in [-0.15, -0.1) is 23.1 Å². The molecule has 0 saturated carbocycles. The molecule has 0 fully saturated rings. The first-order chi connectivity index (χ1) is 26.1. The molecule has 11 nitrogen and oxygen atoms in total. The number of benzene rings is 4. The van der Waals surface area contributed by atoms with Gasteiger partial charge in [0.15, 0.2) is 11.5 Å². The zero-order valence-corrected chi connectivity index (χ0v) is 31.9. The minimum atomic E-state index is -0.596. The van der Waals surface area contributed by atoms with Crippen LogP contribution in [0, 0.1) is 6.92 Å². The van der Waals surface area contributed by atoms with Crippen LogP contribution in [0.3, 0.4) is 0 Å². The van der Waals surface area contributed by atoms with Crippen molar-refractivity contribution in [3.63, 3.8) is 0 Å². The number of rotatable bonds is 15. The number of esters is 1. The largest absolute Gasteiger partial charge is 0.493 e. The Kier molecular flexibility index (Phi) is 13.5. The third-order valence-corrected chi connectivity index (χ3v) is 9.76. The molecule has 0 bridgehead atoms. The molecule has 0 saturated heterocycles. The topological polar surface area (TPSA) is 141 Å². The van der Waals surface area contributed by atoms with Gasteiger partial charge in [0.1, 0.15) is 16.3 Å². The molecule has 0 radical (unpaired) electrons. The van der Waals surface area contributed by atoms with Gasteiger partial charge in [0.2, 0.25) is 11.7 Å². The van der Waals surface area contributed by atoms with Crippen LogP contribution in [-0.2, 0) is 14.3 Å². The number of hydrogen-bond acceptors (Lipinski definition) is 10. The van der Waals surface area contributed by atoms with E-state index < -0.39 is 17.8 Å². The predicted octanol–water partition coefficient (Wildman–Crippen LogP) is 8.07. The summed E-state index contributed by atoms with van der Waals surface area (Å²) in [5, 5.41) is 10.7. The average molecular weight is 766 g/mol. The molecule has 0 aliphatic heterocycles. The molecule has 5 rings (SSSR count). The van der Waals surface area contributed by atoms with Crippen LogP contribution in [0.5, 0.6) is 17.2 Å². The summed E-state index contributed by atoms with van der Waals surface area (Å²) < 4.78 is 21.7. The van der Waals surface area contributed by atoms with Crippen LogP contribution in [-0.4, -0.2) is 57.4 Å². The van der Waals surface area contributed by atoms with E-state index in [0.29, 0.717) is 55.1 Å². The minimum Gasteiger partial charge on any atom is -0.493 e. The van der Waals surface area contributed by atoms with Crippen molar-refractivity contribution in [3.05, 3.63) is 124 Å². The van der Waals surface area contributed by atoms with E-state index in [1.807, 2.05) is 42.6 Å². The van der Waals surface area contributed by atoms with Crippen molar-refractivity contribution in [1.29, 1.82) is 0 Å². The van der Waals surface area contributed by atoms with Crippen LogP contribution in [0.1, 0.15) is 38.8 Å². The highest BCUT2D eigenvalue weighted by Gasteiger charge is 2.23. The Morgan fingerprint density at radius 1 is 0.815 bits per heavy atom. The maximum absolute atomic E-state index is 13.8. The molecule has 3 amide bonds. The van der Waals surface area contributed by atoms with Crippen LogP contribution in [0.4, 0.5) is 10.7 Å². The van der Waals surface area contributed by atoms with Crippen LogP contribution < -0.4 is 30.2 Å². The van der Waals surface area contributed by atoms with Crippen molar-refractivity contribution in [2.75, 3.05) is 44.3 Å². The van der Waals surface area contributed by atoms with Gasteiger partial charge in [0.05, 0.1) is 33.7 Å². The second-order valence-electron chi connectivity index (χ2n) is 11.6. The number of ether oxygens (including phenoxy) is 4. The molecule has 54 heavy (non-hydrogen) atoms. The quantitative estimate of drug-likeness (QED) is 0.0548. The number of carbonyl (C=O) groups excluding carboxylic acids is 4. The highest BCUT2D eigenvalue weighted by atomic mass is 32.2. The average Bonchev–Trinajstić information content (AvgIpc) is 3.60. The van der Waals surface area contributed by atoms with Gasteiger partial charge < -0.3 is 34.9 Å². The van der Waals surface area contributed by atoms with E-state index in [9.17, 15) is 19.2 Å². The van der Waals surface area contributed by atoms with Crippen molar-refractivity contribution in [3.8, 4) is 28.4 Å². The molecule has 3 N–H and O–H groups in total. The molecule has 0 aliphatic carbocycles. The van der Waals surface area contributed by atoms with E-state index in [4.69, 9.17) is 18.9 Å². The molecule has 0 aliphatic rings. The van der Waals surface area contributed by atoms with E-state index in [-0.39, 0.29) is 24.0 Å². The van der Waals surface area contributed by atoms with Gasteiger partial charge in [-0.25, -0.2) is 4.79 Å². The van der Waals surface area contributed by atoms with Crippen molar-refractivity contribution >= 4 is 63.6 Å². The monoisotopic (exact) mass is 765 g/mol. The number of aryl methyl sites for hydroxylation is 1. The Bertz CT molecular complexity index is 2140. The molecular formula is C41H39N3O8S2. The lowest BCUT2D eigenvalue weighted by molar-refractivity contribution is -0.114. The number of amides is 3. The Morgan fingerprint density at radius 3 is 2.17 bits per heavy atom. The number of carbonyl (C=O) groups is 4. The molecule has 0 spiro atoms. The van der Waals surface area contributed by atoms with Crippen molar-refractivity contribution in [2.45, 2.75) is 18.7 Å². The number of methoxy groups -OCH3 is 3. The predicted molar refractivity (Wildman–Crippen MR) is 213 cm³/mol. The maximum Gasteiger partial charge on any atom is 0.341 e. The lowest BCUT2D eigenvalue weighted by Gasteiger charge is -2.15. The first-order valence-electron chi connectivity index (χ1n) is 16.7. The standard InChI is InChI=1S/C41H39N3O8S2/c1-6-52-41(48)36-31(27-17-15-25(2)16-18-27)23-54-40(36)44-35(45)24-53-30-14-10-13-29(22-30)42-39(47)32(43-38(46)28-11-8-7-9-12-28)19-26-20-33(49-3)37(51-5)34(21-26)50-4/h7-23H,6,24H2,1-5H3,(H,42,47)(H,43,46)(H,44,45)/b32-19+. The van der Waals surface area contributed by atoms with Crippen LogP contribution in [0.2, 0.25) is 0 Å². The first-order valence-corrected chi connectivity index (χ1v) is 18.6. The SMILES string of the molecule is CCOC(=O)c1c(-c2ccc(C)cc2)csc1NC(=O)CSc1cccc(NC(=O)/C(=C\c2cc(OC)c(OC)c(OC)c2)NC(=O)c2ccccc2)c1. The van der Waals surface area contributed by atoms with Crippen molar-refractivity contribution < 1.29 is 38.1 Å². The third-order valence-electron chi connectivity index (χ3n) is 7.87. The number of hydrogen-bond donors (Lipinski definition) is 3. The van der Waals surface area contributed by atoms with Gasteiger partial charge in [0.25, 0.3) is 11.8 Å². The fraction of sp³-hybridized carbons (Fsp3) is 0.171. The van der Waals surface area contributed by atoms with Gasteiger partial charge >= 0.3 is 5.97 Å². The fourth-order valence-corrected chi connectivity index (χ4v) is 7.00. The van der Waals surface area contributed by atoms with Gasteiger partial charge in [-0.2, -0.15) is 0 Å². The zero-order chi connectivity index (χ0) is 38.6. The summed E-state index contributed by atoms with van der Waals surface area (Å²) in [5.41, 5.74) is 4.17. The molecule has 0 atom stereocenters. The summed E-state index contributed by atoms with van der Waals surface area (Å²) in [4.78, 5) is 53.8. The highest BCUT2D eigenvalue weighted by Crippen LogP contribution is 2.39. The van der Waals surface area contributed by atoms with E-state index in [1.54, 1.807) is 67.6 Å². The lowest BCUT2D eigenvalue weighted by atomic mass is 10.0. The first kappa shape index (κ1) is 39.2. The van der Waals surface area contributed by atoms with Crippen LogP contribution >= 0.6 is 23.1 Å². The van der Waals surface area contributed by atoms with Gasteiger partial charge in [-0.1, -0.05) is 54.1 Å². The molecule has 1 aromatic heterocycles. The number of nitrogens with one attached hydrogen (secondary N) is 3. The van der Waals surface area contributed by atoms with Gasteiger partial charge in [0, 0.05) is 27.1 Å². The summed E-state index contributed by atoms with van der Waals surface area (Å²) in [7, 11) is 4.45. The second-order valence-corrected chi connectivity index (χ2v) is 13.5. The molecular weight excluding hydrogens is 727 g/mol.